The van der Waals surface area contributed by atoms with Crippen LogP contribution < -0.4 is 5.32 Å². The van der Waals surface area contributed by atoms with Crippen molar-refractivity contribution in [2.45, 2.75) is 64.6 Å². The maximum Gasteiger partial charge on any atom is 0.407 e. The Morgan fingerprint density at radius 2 is 2.10 bits per heavy atom. The Balaban J connectivity index is 1.89. The van der Waals surface area contributed by atoms with Crippen molar-refractivity contribution in [3.8, 4) is 0 Å². The molecular weight excluding hydrogens is 268 g/mol. The maximum absolute atomic E-state index is 11.6. The first-order valence-corrected chi connectivity index (χ1v) is 8.35. The van der Waals surface area contributed by atoms with E-state index in [9.17, 15) is 9.90 Å². The van der Waals surface area contributed by atoms with E-state index in [1.54, 1.807) is 0 Å². The van der Waals surface area contributed by atoms with E-state index in [0.717, 1.165) is 25.9 Å². The number of likely N-dealkylation sites (tertiary alicyclic amines) is 1. The van der Waals surface area contributed by atoms with E-state index in [2.05, 4.69) is 24.1 Å². The third-order valence-electron chi connectivity index (χ3n) is 4.57. The molecule has 1 aliphatic heterocycles. The highest BCUT2D eigenvalue weighted by Gasteiger charge is 2.37. The van der Waals surface area contributed by atoms with E-state index in [4.69, 9.17) is 4.74 Å². The molecule has 1 saturated carbocycles. The zero-order chi connectivity index (χ0) is 15.4. The summed E-state index contributed by atoms with van der Waals surface area (Å²) in [5.74, 6) is 0.737. The fraction of sp³-hybridized carbons (Fsp3) is 0.938. The smallest absolute Gasteiger partial charge is 0.407 e. The Kier molecular flexibility index (Phi) is 5.88. The standard InChI is InChI=1S/C16H30N2O3/c1-4-21-16(20)17-13-7-12(8-15(19)11(2)3)9-18(10-13)14-5-6-14/h11-15,19H,4-10H2,1-3H3,(H,17,20). The Labute approximate surface area is 128 Å². The molecule has 1 amide bonds. The number of ether oxygens (including phenoxy) is 1. The zero-order valence-electron chi connectivity index (χ0n) is 13.5. The summed E-state index contributed by atoms with van der Waals surface area (Å²) in [5.41, 5.74) is 0. The van der Waals surface area contributed by atoms with Crippen molar-refractivity contribution in [1.82, 2.24) is 10.2 Å². The van der Waals surface area contributed by atoms with Gasteiger partial charge in [-0.15, -0.1) is 0 Å². The molecule has 0 radical (unpaired) electrons. The van der Waals surface area contributed by atoms with Crippen LogP contribution in [0.25, 0.3) is 0 Å². The Morgan fingerprint density at radius 1 is 1.38 bits per heavy atom. The predicted molar refractivity (Wildman–Crippen MR) is 82.1 cm³/mol. The van der Waals surface area contributed by atoms with Gasteiger partial charge < -0.3 is 15.2 Å². The van der Waals surface area contributed by atoms with E-state index in [-0.39, 0.29) is 24.2 Å². The first kappa shape index (κ1) is 16.6. The summed E-state index contributed by atoms with van der Waals surface area (Å²) in [6, 6.07) is 0.832. The third-order valence-corrected chi connectivity index (χ3v) is 4.57. The van der Waals surface area contributed by atoms with E-state index in [0.29, 0.717) is 18.6 Å². The van der Waals surface area contributed by atoms with Crippen molar-refractivity contribution in [2.75, 3.05) is 19.7 Å². The number of nitrogens with zero attached hydrogens (tertiary/aromatic N) is 1. The summed E-state index contributed by atoms with van der Waals surface area (Å²) in [7, 11) is 0. The van der Waals surface area contributed by atoms with E-state index in [1.165, 1.54) is 12.8 Å². The topological polar surface area (TPSA) is 61.8 Å². The fourth-order valence-electron chi connectivity index (χ4n) is 3.21. The first-order valence-electron chi connectivity index (χ1n) is 8.35. The van der Waals surface area contributed by atoms with Gasteiger partial charge in [0.25, 0.3) is 0 Å². The maximum atomic E-state index is 11.6. The van der Waals surface area contributed by atoms with Gasteiger partial charge in [0.15, 0.2) is 0 Å². The van der Waals surface area contributed by atoms with E-state index >= 15 is 0 Å². The second-order valence-electron chi connectivity index (χ2n) is 6.90. The lowest BCUT2D eigenvalue weighted by molar-refractivity contribution is 0.0578. The van der Waals surface area contributed by atoms with Crippen molar-refractivity contribution < 1.29 is 14.6 Å². The van der Waals surface area contributed by atoms with Gasteiger partial charge in [-0.25, -0.2) is 4.79 Å². The number of aliphatic hydroxyl groups excluding tert-OH is 1. The summed E-state index contributed by atoms with van der Waals surface area (Å²) >= 11 is 0. The molecule has 2 rings (SSSR count). The molecule has 1 heterocycles. The Hall–Kier alpha value is -0.810. The Bertz CT molecular complexity index is 342. The molecule has 0 spiro atoms. The molecule has 3 atom stereocenters. The average Bonchev–Trinajstić information content (AvgIpc) is 3.22. The molecule has 122 valence electrons. The molecule has 1 aliphatic carbocycles. The van der Waals surface area contributed by atoms with Gasteiger partial charge >= 0.3 is 6.09 Å². The van der Waals surface area contributed by atoms with Crippen LogP contribution in [0.1, 0.15) is 46.5 Å². The molecule has 5 heteroatoms. The lowest BCUT2D eigenvalue weighted by Crippen LogP contribution is -2.52. The lowest BCUT2D eigenvalue weighted by Gasteiger charge is -2.39. The molecule has 2 N–H and O–H groups in total. The summed E-state index contributed by atoms with van der Waals surface area (Å²) in [6.07, 6.45) is 3.73. The fourth-order valence-corrected chi connectivity index (χ4v) is 3.21. The minimum atomic E-state index is -0.316. The van der Waals surface area contributed by atoms with Gasteiger partial charge in [0, 0.05) is 25.2 Å². The highest BCUT2D eigenvalue weighted by molar-refractivity contribution is 5.67. The average molecular weight is 298 g/mol. The van der Waals surface area contributed by atoms with Crippen LogP contribution in [0.3, 0.4) is 0 Å². The number of amides is 1. The van der Waals surface area contributed by atoms with Gasteiger partial charge in [-0.3, -0.25) is 4.90 Å². The highest BCUT2D eigenvalue weighted by atomic mass is 16.5. The number of nitrogens with one attached hydrogen (secondary N) is 1. The molecule has 5 nitrogen and oxygen atoms in total. The summed E-state index contributed by atoms with van der Waals surface area (Å²) in [4.78, 5) is 14.1. The van der Waals surface area contributed by atoms with Crippen molar-refractivity contribution in [2.24, 2.45) is 11.8 Å². The number of aliphatic hydroxyl groups is 1. The van der Waals surface area contributed by atoms with Crippen molar-refractivity contribution in [3.05, 3.63) is 0 Å². The molecule has 0 aromatic heterocycles. The van der Waals surface area contributed by atoms with Crippen LogP contribution in [-0.4, -0.2) is 54.0 Å². The number of hydrogen-bond donors (Lipinski definition) is 2. The summed E-state index contributed by atoms with van der Waals surface area (Å²) < 4.78 is 4.99. The lowest BCUT2D eigenvalue weighted by atomic mass is 9.86. The van der Waals surface area contributed by atoms with Gasteiger partial charge in [0.1, 0.15) is 0 Å². The van der Waals surface area contributed by atoms with Crippen molar-refractivity contribution in [1.29, 1.82) is 0 Å². The van der Waals surface area contributed by atoms with Crippen LogP contribution in [0.4, 0.5) is 4.79 Å². The third kappa shape index (κ3) is 5.15. The van der Waals surface area contributed by atoms with Crippen LogP contribution in [0.15, 0.2) is 0 Å². The van der Waals surface area contributed by atoms with Gasteiger partial charge in [-0.2, -0.15) is 0 Å². The molecule has 2 aliphatic rings. The second-order valence-corrected chi connectivity index (χ2v) is 6.90. The van der Waals surface area contributed by atoms with E-state index in [1.807, 2.05) is 6.92 Å². The zero-order valence-corrected chi connectivity index (χ0v) is 13.5. The summed E-state index contributed by atoms with van der Waals surface area (Å²) in [6.45, 7) is 8.30. The van der Waals surface area contributed by atoms with Crippen molar-refractivity contribution >= 4 is 6.09 Å². The van der Waals surface area contributed by atoms with Crippen LogP contribution in [0.5, 0.6) is 0 Å². The predicted octanol–water partition coefficient (Wildman–Crippen LogP) is 1.99. The second kappa shape index (κ2) is 7.45. The Morgan fingerprint density at radius 3 is 2.67 bits per heavy atom. The molecule has 0 bridgehead atoms. The quantitative estimate of drug-likeness (QED) is 0.787. The molecule has 3 unspecified atom stereocenters. The van der Waals surface area contributed by atoms with E-state index < -0.39 is 0 Å². The number of piperidine rings is 1. The normalized spacial score (nSPS) is 28.4. The van der Waals surface area contributed by atoms with Crippen LogP contribution in [0.2, 0.25) is 0 Å². The molecule has 21 heavy (non-hydrogen) atoms. The van der Waals surface area contributed by atoms with Crippen LogP contribution in [0, 0.1) is 11.8 Å². The first-order chi connectivity index (χ1) is 9.99. The molecule has 0 aromatic carbocycles. The van der Waals surface area contributed by atoms with Gasteiger partial charge in [0.05, 0.1) is 12.7 Å². The molecule has 1 saturated heterocycles. The number of carbonyl (C=O) groups excluding carboxylic acids is 1. The minimum absolute atomic E-state index is 0.141. The van der Waals surface area contributed by atoms with Gasteiger partial charge in [0.2, 0.25) is 0 Å². The number of carbonyl (C=O) groups is 1. The molecular formula is C16H30N2O3. The molecule has 0 aromatic rings. The molecule has 2 fully saturated rings. The van der Waals surface area contributed by atoms with Crippen LogP contribution >= 0.6 is 0 Å². The minimum Gasteiger partial charge on any atom is -0.450 e. The largest absolute Gasteiger partial charge is 0.450 e. The number of hydrogen-bond acceptors (Lipinski definition) is 4. The summed E-state index contributed by atoms with van der Waals surface area (Å²) in [5, 5.41) is 13.1. The number of alkyl carbamates (subject to hydrolysis) is 1. The van der Waals surface area contributed by atoms with Gasteiger partial charge in [-0.05, 0) is 44.4 Å². The van der Waals surface area contributed by atoms with Crippen LogP contribution in [-0.2, 0) is 4.74 Å². The number of rotatable bonds is 6. The van der Waals surface area contributed by atoms with Crippen molar-refractivity contribution in [3.63, 3.8) is 0 Å². The highest BCUT2D eigenvalue weighted by Crippen LogP contribution is 2.33. The van der Waals surface area contributed by atoms with Gasteiger partial charge in [-0.1, -0.05) is 13.8 Å². The monoisotopic (exact) mass is 298 g/mol. The SMILES string of the molecule is CCOC(=O)NC1CC(CC(O)C(C)C)CN(C2CC2)C1.